The molecule has 0 unspecified atom stereocenters. The van der Waals surface area contributed by atoms with Crippen LogP contribution in [0.1, 0.15) is 38.5 Å². The predicted octanol–water partition coefficient (Wildman–Crippen LogP) is 6.04. The van der Waals surface area contributed by atoms with Gasteiger partial charge in [0.25, 0.3) is 5.91 Å². The minimum atomic E-state index is -0.305. The molecule has 0 bridgehead atoms. The van der Waals surface area contributed by atoms with Crippen LogP contribution in [0.2, 0.25) is 0 Å². The fourth-order valence-corrected chi connectivity index (χ4v) is 5.00. The summed E-state index contributed by atoms with van der Waals surface area (Å²) < 4.78 is 14.2. The Morgan fingerprint density at radius 3 is 2.42 bits per heavy atom. The molecule has 1 heterocycles. The van der Waals surface area contributed by atoms with Gasteiger partial charge in [-0.3, -0.25) is 9.59 Å². The smallest absolute Gasteiger partial charge is 0.254 e. The van der Waals surface area contributed by atoms with Gasteiger partial charge in [-0.2, -0.15) is 0 Å². The normalized spacial score (nSPS) is 13.1. The molecule has 0 saturated heterocycles. The van der Waals surface area contributed by atoms with Gasteiger partial charge in [0.1, 0.15) is 12.4 Å². The first kappa shape index (κ1) is 23.6. The van der Waals surface area contributed by atoms with Gasteiger partial charge in [-0.05, 0) is 73.7 Å². The van der Waals surface area contributed by atoms with E-state index in [-0.39, 0.29) is 24.2 Å². The van der Waals surface area contributed by atoms with Gasteiger partial charge in [-0.25, -0.2) is 4.39 Å². The molecule has 33 heavy (non-hydrogen) atoms. The minimum absolute atomic E-state index is 0.0212. The number of nitrogens with zero attached hydrogens (tertiary/aromatic N) is 2. The van der Waals surface area contributed by atoms with Crippen LogP contribution in [0.25, 0.3) is 0 Å². The number of amides is 2. The van der Waals surface area contributed by atoms with Crippen LogP contribution in [0, 0.1) is 18.7 Å². The number of halogens is 2. The van der Waals surface area contributed by atoms with E-state index in [2.05, 4.69) is 15.9 Å². The van der Waals surface area contributed by atoms with E-state index in [9.17, 15) is 14.0 Å². The minimum Gasteiger partial charge on any atom is -0.332 e. The summed E-state index contributed by atoms with van der Waals surface area (Å²) >= 11 is 5.08. The molecule has 0 spiro atoms. The molecule has 0 N–H and O–H groups in total. The van der Waals surface area contributed by atoms with Gasteiger partial charge in [0.05, 0.1) is 6.54 Å². The summed E-state index contributed by atoms with van der Waals surface area (Å²) in [7, 11) is 0. The van der Waals surface area contributed by atoms with Crippen LogP contribution in [0.3, 0.4) is 0 Å². The lowest BCUT2D eigenvalue weighted by Gasteiger charge is -2.28. The predicted molar refractivity (Wildman–Crippen MR) is 132 cm³/mol. The van der Waals surface area contributed by atoms with Crippen molar-refractivity contribution in [2.24, 2.45) is 5.92 Å². The van der Waals surface area contributed by atoms with Crippen molar-refractivity contribution < 1.29 is 14.0 Å². The first-order valence-electron chi connectivity index (χ1n) is 11.0. The van der Waals surface area contributed by atoms with Crippen LogP contribution < -0.4 is 0 Å². The zero-order chi connectivity index (χ0) is 23.4. The highest BCUT2D eigenvalue weighted by Crippen LogP contribution is 2.30. The maximum absolute atomic E-state index is 13.5. The molecule has 0 atom stereocenters. The van der Waals surface area contributed by atoms with E-state index in [0.29, 0.717) is 31.1 Å². The largest absolute Gasteiger partial charge is 0.332 e. The molecule has 1 saturated carbocycles. The second-order valence-electron chi connectivity index (χ2n) is 8.53. The number of hydrogen-bond donors (Lipinski definition) is 0. The number of carbonyl (C=O) groups is 2. The Morgan fingerprint density at radius 2 is 1.79 bits per heavy atom. The highest BCUT2D eigenvalue weighted by Gasteiger charge is 2.30. The summed E-state index contributed by atoms with van der Waals surface area (Å²) in [6, 6.07) is 17.5. The van der Waals surface area contributed by atoms with E-state index in [1.54, 1.807) is 45.4 Å². The molecule has 4 nitrogen and oxygen atoms in total. The van der Waals surface area contributed by atoms with Crippen molar-refractivity contribution in [3.8, 4) is 0 Å². The van der Waals surface area contributed by atoms with Crippen LogP contribution in [0.15, 0.2) is 65.1 Å². The van der Waals surface area contributed by atoms with Crippen molar-refractivity contribution >= 4 is 39.1 Å². The van der Waals surface area contributed by atoms with E-state index in [1.807, 2.05) is 31.2 Å². The lowest BCUT2D eigenvalue weighted by Crippen LogP contribution is -2.43. The number of thiophene rings is 1. The maximum atomic E-state index is 13.5. The van der Waals surface area contributed by atoms with Crippen molar-refractivity contribution in [3.05, 3.63) is 91.8 Å². The quantitative estimate of drug-likeness (QED) is 0.339. The van der Waals surface area contributed by atoms with Crippen LogP contribution in [-0.2, 0) is 17.9 Å². The first-order chi connectivity index (χ1) is 15.9. The summed E-state index contributed by atoms with van der Waals surface area (Å²) in [4.78, 5) is 32.5. The van der Waals surface area contributed by atoms with Crippen molar-refractivity contribution in [3.63, 3.8) is 0 Å². The van der Waals surface area contributed by atoms with Gasteiger partial charge >= 0.3 is 0 Å². The van der Waals surface area contributed by atoms with Crippen molar-refractivity contribution in [1.82, 2.24) is 9.80 Å². The number of benzene rings is 2. The molecule has 3 aromatic rings. The second-order valence-corrected chi connectivity index (χ2v) is 10.8. The van der Waals surface area contributed by atoms with Crippen LogP contribution in [-0.4, -0.2) is 34.7 Å². The van der Waals surface area contributed by atoms with E-state index in [1.165, 1.54) is 17.0 Å². The van der Waals surface area contributed by atoms with Crippen LogP contribution in [0.4, 0.5) is 4.39 Å². The summed E-state index contributed by atoms with van der Waals surface area (Å²) in [5, 5.41) is 0. The van der Waals surface area contributed by atoms with Crippen LogP contribution >= 0.6 is 27.3 Å². The van der Waals surface area contributed by atoms with E-state index in [0.717, 1.165) is 27.8 Å². The third-order valence-corrected chi connectivity index (χ3v) is 7.12. The summed E-state index contributed by atoms with van der Waals surface area (Å²) in [6.45, 7) is 3.46. The Labute approximate surface area is 206 Å². The van der Waals surface area contributed by atoms with Gasteiger partial charge in [0.15, 0.2) is 0 Å². The Balaban J connectivity index is 1.54. The van der Waals surface area contributed by atoms with E-state index < -0.39 is 0 Å². The topological polar surface area (TPSA) is 40.6 Å². The molecule has 1 aromatic heterocycles. The SMILES string of the molecule is Cc1ccc(CN(Cc2ccc(F)cc2)C(=O)CN(CC2CC2)C(=O)c2cccc(Br)c2)s1. The Kier molecular flexibility index (Phi) is 7.60. The van der Waals surface area contributed by atoms with Gasteiger partial charge in [0, 0.05) is 32.9 Å². The fourth-order valence-electron chi connectivity index (χ4n) is 3.70. The van der Waals surface area contributed by atoms with Gasteiger partial charge in [0.2, 0.25) is 5.91 Å². The lowest BCUT2D eigenvalue weighted by molar-refractivity contribution is -0.133. The second kappa shape index (κ2) is 10.6. The Bertz CT molecular complexity index is 1130. The number of carbonyl (C=O) groups excluding carboxylic acids is 2. The fraction of sp³-hybridized carbons (Fsp3) is 0.308. The molecule has 4 rings (SSSR count). The number of rotatable bonds is 9. The van der Waals surface area contributed by atoms with Crippen molar-refractivity contribution in [2.75, 3.05) is 13.1 Å². The van der Waals surface area contributed by atoms with Crippen molar-refractivity contribution in [1.29, 1.82) is 0 Å². The summed E-state index contributed by atoms with van der Waals surface area (Å²) in [6.07, 6.45) is 2.18. The molecule has 1 fully saturated rings. The molecule has 2 amide bonds. The zero-order valence-electron chi connectivity index (χ0n) is 18.5. The van der Waals surface area contributed by atoms with Crippen LogP contribution in [0.5, 0.6) is 0 Å². The molecule has 0 aliphatic heterocycles. The Hall–Kier alpha value is -2.51. The van der Waals surface area contributed by atoms with E-state index in [4.69, 9.17) is 0 Å². The van der Waals surface area contributed by atoms with Gasteiger partial charge in [-0.1, -0.05) is 34.1 Å². The number of aryl methyl sites for hydroxylation is 1. The molecule has 1 aliphatic carbocycles. The molecule has 7 heteroatoms. The standard InChI is InChI=1S/C26H26BrFN2O2S/c1-18-5-12-24(33-18)16-29(14-20-8-10-23(28)11-9-20)25(31)17-30(15-19-6-7-19)26(32)21-3-2-4-22(27)13-21/h2-5,8-13,19H,6-7,14-17H2,1H3. The van der Waals surface area contributed by atoms with Crippen molar-refractivity contribution in [2.45, 2.75) is 32.9 Å². The van der Waals surface area contributed by atoms with E-state index >= 15 is 0 Å². The first-order valence-corrected chi connectivity index (χ1v) is 12.6. The highest BCUT2D eigenvalue weighted by molar-refractivity contribution is 9.10. The summed E-state index contributed by atoms with van der Waals surface area (Å²) in [5.74, 6) is -0.0974. The van der Waals surface area contributed by atoms with Gasteiger partial charge in [-0.15, -0.1) is 11.3 Å². The molecule has 172 valence electrons. The molecule has 0 radical (unpaired) electrons. The highest BCUT2D eigenvalue weighted by atomic mass is 79.9. The average Bonchev–Trinajstić information content (AvgIpc) is 3.52. The maximum Gasteiger partial charge on any atom is 0.254 e. The average molecular weight is 529 g/mol. The third-order valence-electron chi connectivity index (χ3n) is 5.64. The monoisotopic (exact) mass is 528 g/mol. The summed E-state index contributed by atoms with van der Waals surface area (Å²) in [5.41, 5.74) is 1.42. The molecular formula is C26H26BrFN2O2S. The third kappa shape index (κ3) is 6.74. The zero-order valence-corrected chi connectivity index (χ0v) is 20.9. The Morgan fingerprint density at radius 1 is 1.03 bits per heavy atom. The lowest BCUT2D eigenvalue weighted by atomic mass is 10.1. The van der Waals surface area contributed by atoms with Gasteiger partial charge < -0.3 is 9.80 Å². The number of hydrogen-bond acceptors (Lipinski definition) is 3. The molecule has 1 aliphatic rings. The molecular weight excluding hydrogens is 503 g/mol. The molecule has 2 aromatic carbocycles.